The van der Waals surface area contributed by atoms with Gasteiger partial charge < -0.3 is 19.8 Å². The summed E-state index contributed by atoms with van der Waals surface area (Å²) in [5.41, 5.74) is 0.0874. The number of nitrogens with zero attached hydrogens (tertiary/aromatic N) is 3. The average Bonchev–Trinajstić information content (AvgIpc) is 3.38. The van der Waals surface area contributed by atoms with E-state index in [0.29, 0.717) is 44.9 Å². The van der Waals surface area contributed by atoms with Crippen LogP contribution < -0.4 is 15.4 Å². The van der Waals surface area contributed by atoms with E-state index in [1.165, 1.54) is 0 Å². The molecule has 0 radical (unpaired) electrons. The van der Waals surface area contributed by atoms with E-state index in [2.05, 4.69) is 25.6 Å². The molecule has 0 aliphatic heterocycles. The Hall–Kier alpha value is -3.75. The predicted molar refractivity (Wildman–Crippen MR) is 110 cm³/mol. The van der Waals surface area contributed by atoms with Gasteiger partial charge in [0.15, 0.2) is 11.3 Å². The molecule has 30 heavy (non-hydrogen) atoms. The third-order valence-corrected chi connectivity index (χ3v) is 5.17. The molecule has 4 aromatic rings. The zero-order valence-electron chi connectivity index (χ0n) is 16.3. The van der Waals surface area contributed by atoms with E-state index in [0.717, 1.165) is 0 Å². The molecule has 2 N–H and O–H groups in total. The number of anilines is 2. The summed E-state index contributed by atoms with van der Waals surface area (Å²) in [5.74, 6) is 1.23. The largest absolute Gasteiger partial charge is 0.497 e. The summed E-state index contributed by atoms with van der Waals surface area (Å²) < 4.78 is 25.2. The van der Waals surface area contributed by atoms with Gasteiger partial charge in [-0.05, 0) is 31.0 Å². The Bertz CT molecular complexity index is 1300. The number of rotatable bonds is 5. The second-order valence-corrected chi connectivity index (χ2v) is 7.16. The quantitative estimate of drug-likeness (QED) is 0.517. The number of benzene rings is 1. The lowest BCUT2D eigenvalue weighted by molar-refractivity contribution is -0.122. The van der Waals surface area contributed by atoms with Gasteiger partial charge in [-0.25, -0.2) is 19.3 Å². The number of nitrogens with one attached hydrogen (secondary N) is 2. The Morgan fingerprint density at radius 2 is 2.03 bits per heavy atom. The fourth-order valence-corrected chi connectivity index (χ4v) is 3.29. The number of hydrogen-bond acceptors (Lipinski definition) is 7. The van der Waals surface area contributed by atoms with Crippen LogP contribution in [0.1, 0.15) is 12.8 Å². The fraction of sp³-hybridized carbons (Fsp3) is 0.238. The number of oxazole rings is 1. The summed E-state index contributed by atoms with van der Waals surface area (Å²) >= 11 is 0. The minimum Gasteiger partial charge on any atom is -0.497 e. The van der Waals surface area contributed by atoms with Gasteiger partial charge >= 0.3 is 0 Å². The molecule has 8 nitrogen and oxygen atoms in total. The van der Waals surface area contributed by atoms with Crippen molar-refractivity contribution in [2.75, 3.05) is 24.8 Å². The van der Waals surface area contributed by atoms with Crippen LogP contribution in [0.4, 0.5) is 16.0 Å². The van der Waals surface area contributed by atoms with Crippen LogP contribution in [0.25, 0.3) is 33.3 Å². The number of methoxy groups -OCH3 is 1. The van der Waals surface area contributed by atoms with E-state index >= 15 is 0 Å². The minimum atomic E-state index is -1.78. The molecule has 0 bridgehead atoms. The molecule has 1 fully saturated rings. The molecule has 0 atom stereocenters. The zero-order chi connectivity index (χ0) is 20.9. The fourth-order valence-electron chi connectivity index (χ4n) is 3.29. The number of amides is 1. The predicted octanol–water partition coefficient (Wildman–Crippen LogP) is 3.93. The molecule has 152 valence electrons. The summed E-state index contributed by atoms with van der Waals surface area (Å²) in [6.45, 7) is 0. The number of fused-ring (bicyclic) bond motifs is 2. The molecule has 3 heterocycles. The molecular weight excluding hydrogens is 389 g/mol. The van der Waals surface area contributed by atoms with Gasteiger partial charge in [0.25, 0.3) is 5.91 Å². The maximum Gasteiger partial charge on any atom is 0.263 e. The first kappa shape index (κ1) is 18.3. The molecule has 3 aromatic heterocycles. The number of alkyl halides is 1. The molecule has 1 aliphatic rings. The van der Waals surface area contributed by atoms with E-state index < -0.39 is 11.6 Å². The van der Waals surface area contributed by atoms with E-state index in [9.17, 15) is 9.18 Å². The second kappa shape index (κ2) is 6.65. The number of pyridine rings is 2. The van der Waals surface area contributed by atoms with Crippen LogP contribution in [-0.4, -0.2) is 40.7 Å². The Kier molecular flexibility index (Phi) is 4.05. The Balaban J connectivity index is 1.63. The zero-order valence-corrected chi connectivity index (χ0v) is 16.3. The normalized spacial score (nSPS) is 14.6. The van der Waals surface area contributed by atoms with Crippen LogP contribution in [0, 0.1) is 0 Å². The topological polar surface area (TPSA) is 102 Å². The summed E-state index contributed by atoms with van der Waals surface area (Å²) in [6.07, 6.45) is 3.69. The lowest BCUT2D eigenvalue weighted by Gasteiger charge is -2.11. The highest BCUT2D eigenvalue weighted by molar-refractivity contribution is 6.04. The summed E-state index contributed by atoms with van der Waals surface area (Å²) in [6, 6.07) is 7.03. The van der Waals surface area contributed by atoms with E-state index in [1.54, 1.807) is 50.8 Å². The highest BCUT2D eigenvalue weighted by Crippen LogP contribution is 2.41. The van der Waals surface area contributed by atoms with Gasteiger partial charge in [-0.1, -0.05) is 0 Å². The molecule has 1 amide bonds. The first-order valence-electron chi connectivity index (χ1n) is 9.42. The third-order valence-electron chi connectivity index (χ3n) is 5.17. The lowest BCUT2D eigenvalue weighted by Crippen LogP contribution is -2.25. The minimum absolute atomic E-state index is 0.234. The van der Waals surface area contributed by atoms with Crippen LogP contribution >= 0.6 is 0 Å². The van der Waals surface area contributed by atoms with Crippen LogP contribution in [0.15, 0.2) is 41.1 Å². The summed E-state index contributed by atoms with van der Waals surface area (Å²) in [4.78, 5) is 25.3. The van der Waals surface area contributed by atoms with Crippen LogP contribution in [0.5, 0.6) is 5.75 Å². The van der Waals surface area contributed by atoms with Crippen molar-refractivity contribution in [2.45, 2.75) is 18.5 Å². The third kappa shape index (κ3) is 2.99. The summed E-state index contributed by atoms with van der Waals surface area (Å²) in [5, 5.41) is 7.01. The van der Waals surface area contributed by atoms with Gasteiger partial charge in [0.05, 0.1) is 12.7 Å². The van der Waals surface area contributed by atoms with Crippen molar-refractivity contribution in [3.05, 3.63) is 36.7 Å². The highest BCUT2D eigenvalue weighted by atomic mass is 19.1. The molecule has 0 spiro atoms. The van der Waals surface area contributed by atoms with Crippen molar-refractivity contribution in [1.82, 2.24) is 15.0 Å². The lowest BCUT2D eigenvalue weighted by atomic mass is 10.1. The average molecular weight is 407 g/mol. The molecule has 9 heteroatoms. The summed E-state index contributed by atoms with van der Waals surface area (Å²) in [7, 11) is 3.34. The smallest absolute Gasteiger partial charge is 0.263 e. The van der Waals surface area contributed by atoms with Crippen LogP contribution in [0.3, 0.4) is 0 Å². The molecule has 5 rings (SSSR count). The Morgan fingerprint density at radius 3 is 2.77 bits per heavy atom. The maximum atomic E-state index is 14.0. The van der Waals surface area contributed by atoms with Gasteiger partial charge in [-0.3, -0.25) is 4.79 Å². The number of carbonyl (C=O) groups is 1. The number of carbonyl (C=O) groups excluding carboxylic acids is 1. The Morgan fingerprint density at radius 1 is 1.20 bits per heavy atom. The van der Waals surface area contributed by atoms with E-state index in [4.69, 9.17) is 9.15 Å². The molecular formula is C21H18FN5O3. The highest BCUT2D eigenvalue weighted by Gasteiger charge is 2.51. The van der Waals surface area contributed by atoms with Gasteiger partial charge in [0, 0.05) is 36.3 Å². The van der Waals surface area contributed by atoms with Gasteiger partial charge in [0.1, 0.15) is 22.9 Å². The van der Waals surface area contributed by atoms with E-state index in [1.807, 2.05) is 0 Å². The van der Waals surface area contributed by atoms with E-state index in [-0.39, 0.29) is 18.7 Å². The van der Waals surface area contributed by atoms with Gasteiger partial charge in [0.2, 0.25) is 5.89 Å². The van der Waals surface area contributed by atoms with Crippen molar-refractivity contribution in [1.29, 1.82) is 0 Å². The van der Waals surface area contributed by atoms with Crippen molar-refractivity contribution in [2.24, 2.45) is 0 Å². The van der Waals surface area contributed by atoms with Crippen molar-refractivity contribution >= 4 is 39.4 Å². The number of halogens is 1. The molecule has 1 aromatic carbocycles. The van der Waals surface area contributed by atoms with Gasteiger partial charge in [-0.2, -0.15) is 0 Å². The number of aromatic nitrogens is 3. The number of hydrogen-bond donors (Lipinski definition) is 2. The molecule has 0 unspecified atom stereocenters. The van der Waals surface area contributed by atoms with Crippen LogP contribution in [-0.2, 0) is 4.79 Å². The SMILES string of the molecule is CNc1ncc(-c2nc3cc(OC)ccc3o2)c2cc(NC(=O)C3(F)CC3)ncc12. The Labute approximate surface area is 170 Å². The van der Waals surface area contributed by atoms with Crippen LogP contribution in [0.2, 0.25) is 0 Å². The van der Waals surface area contributed by atoms with Crippen molar-refractivity contribution in [3.8, 4) is 17.2 Å². The second-order valence-electron chi connectivity index (χ2n) is 7.16. The molecule has 1 aliphatic carbocycles. The molecule has 1 saturated carbocycles. The first-order valence-corrected chi connectivity index (χ1v) is 9.42. The van der Waals surface area contributed by atoms with Gasteiger partial charge in [-0.15, -0.1) is 0 Å². The maximum absolute atomic E-state index is 14.0. The number of ether oxygens (including phenoxy) is 1. The molecule has 0 saturated heterocycles. The first-order chi connectivity index (χ1) is 14.5. The van der Waals surface area contributed by atoms with Crippen molar-refractivity contribution < 1.29 is 18.3 Å². The van der Waals surface area contributed by atoms with Crippen molar-refractivity contribution in [3.63, 3.8) is 0 Å². The monoisotopic (exact) mass is 407 g/mol. The standard InChI is InChI=1S/C21H18FN5O3/c1-23-18-13-9-24-17(27-20(28)21(22)5-6-21)8-12(13)14(10-25-18)19-26-15-7-11(29-2)3-4-16(15)30-19/h3-4,7-10H,5-6H2,1-2H3,(H,23,25)(H,24,27,28).